The maximum atomic E-state index is 11.3. The van der Waals surface area contributed by atoms with Gasteiger partial charge in [-0.1, -0.05) is 0 Å². The summed E-state index contributed by atoms with van der Waals surface area (Å²) in [4.78, 5) is 22.0. The number of carboxylic acid groups (broad SMARTS) is 1. The van der Waals surface area contributed by atoms with Crippen molar-refractivity contribution in [2.75, 3.05) is 6.61 Å². The van der Waals surface area contributed by atoms with Crippen LogP contribution in [0.15, 0.2) is 0 Å². The van der Waals surface area contributed by atoms with E-state index in [1.165, 1.54) is 0 Å². The van der Waals surface area contributed by atoms with Crippen molar-refractivity contribution in [3.05, 3.63) is 0 Å². The van der Waals surface area contributed by atoms with E-state index in [0.29, 0.717) is 13.0 Å². The van der Waals surface area contributed by atoms with E-state index in [9.17, 15) is 9.59 Å². The number of ether oxygens (including phenoxy) is 1. The topological polar surface area (TPSA) is 75.6 Å². The molecular weight excluding hydrogens is 198 g/mol. The van der Waals surface area contributed by atoms with E-state index >= 15 is 0 Å². The Balaban J connectivity index is 2.35. The summed E-state index contributed by atoms with van der Waals surface area (Å²) in [5, 5.41) is 11.8. The first-order chi connectivity index (χ1) is 7.06. The standard InChI is InChI=1S/C10H17NO4/c1-3-15-10(14)6(2)11-8-5-4-7(8)9(12)13/h6-8,11H,3-5H2,1-2H3,(H,12,13). The van der Waals surface area contributed by atoms with Crippen molar-refractivity contribution in [1.29, 1.82) is 0 Å². The van der Waals surface area contributed by atoms with Gasteiger partial charge in [-0.3, -0.25) is 9.59 Å². The van der Waals surface area contributed by atoms with Crippen molar-refractivity contribution in [1.82, 2.24) is 5.32 Å². The Bertz CT molecular complexity index is 254. The van der Waals surface area contributed by atoms with E-state index in [-0.39, 0.29) is 17.9 Å². The maximum Gasteiger partial charge on any atom is 0.322 e. The van der Waals surface area contributed by atoms with Gasteiger partial charge in [0.1, 0.15) is 6.04 Å². The number of rotatable bonds is 5. The molecule has 0 bridgehead atoms. The van der Waals surface area contributed by atoms with Crippen molar-refractivity contribution in [2.45, 2.75) is 38.8 Å². The number of hydrogen-bond donors (Lipinski definition) is 2. The van der Waals surface area contributed by atoms with Crippen molar-refractivity contribution in [3.63, 3.8) is 0 Å². The van der Waals surface area contributed by atoms with Crippen LogP contribution in [-0.4, -0.2) is 35.7 Å². The van der Waals surface area contributed by atoms with E-state index in [1.54, 1.807) is 13.8 Å². The zero-order chi connectivity index (χ0) is 11.4. The van der Waals surface area contributed by atoms with Gasteiger partial charge in [-0.05, 0) is 26.7 Å². The van der Waals surface area contributed by atoms with E-state index < -0.39 is 12.0 Å². The third-order valence-electron chi connectivity index (χ3n) is 2.70. The highest BCUT2D eigenvalue weighted by atomic mass is 16.5. The number of carboxylic acids is 1. The van der Waals surface area contributed by atoms with Gasteiger partial charge in [-0.25, -0.2) is 0 Å². The summed E-state index contributed by atoms with van der Waals surface area (Å²) < 4.78 is 4.82. The SMILES string of the molecule is CCOC(=O)C(C)NC1CCC1C(=O)O. The fourth-order valence-corrected chi connectivity index (χ4v) is 1.65. The first kappa shape index (κ1) is 12.0. The zero-order valence-electron chi connectivity index (χ0n) is 9.03. The van der Waals surface area contributed by atoms with Crippen LogP contribution in [-0.2, 0) is 14.3 Å². The fraction of sp³-hybridized carbons (Fsp3) is 0.800. The second-order valence-electron chi connectivity index (χ2n) is 3.77. The van der Waals surface area contributed by atoms with Crippen LogP contribution in [0.3, 0.4) is 0 Å². The summed E-state index contributed by atoms with van der Waals surface area (Å²) in [5.74, 6) is -1.48. The summed E-state index contributed by atoms with van der Waals surface area (Å²) in [6, 6.07) is -0.529. The Hall–Kier alpha value is -1.10. The van der Waals surface area contributed by atoms with Crippen molar-refractivity contribution < 1.29 is 19.4 Å². The average Bonchev–Trinajstić information content (AvgIpc) is 2.11. The summed E-state index contributed by atoms with van der Waals surface area (Å²) in [6.45, 7) is 3.78. The number of carbonyl (C=O) groups excluding carboxylic acids is 1. The molecular formula is C10H17NO4. The van der Waals surface area contributed by atoms with E-state index in [1.807, 2.05) is 0 Å². The largest absolute Gasteiger partial charge is 0.481 e. The lowest BCUT2D eigenvalue weighted by atomic mass is 9.79. The van der Waals surface area contributed by atoms with Gasteiger partial charge in [-0.2, -0.15) is 0 Å². The number of aliphatic carboxylic acids is 1. The molecule has 0 aromatic heterocycles. The van der Waals surface area contributed by atoms with E-state index in [0.717, 1.165) is 6.42 Å². The fourth-order valence-electron chi connectivity index (χ4n) is 1.65. The van der Waals surface area contributed by atoms with Gasteiger partial charge in [0.2, 0.25) is 0 Å². The molecule has 3 unspecified atom stereocenters. The average molecular weight is 215 g/mol. The monoisotopic (exact) mass is 215 g/mol. The van der Waals surface area contributed by atoms with Crippen LogP contribution < -0.4 is 5.32 Å². The Morgan fingerprint density at radius 2 is 2.20 bits per heavy atom. The molecule has 0 saturated heterocycles. The van der Waals surface area contributed by atoms with Crippen LogP contribution in [0, 0.1) is 5.92 Å². The van der Waals surface area contributed by atoms with Crippen LogP contribution in [0.5, 0.6) is 0 Å². The Morgan fingerprint density at radius 3 is 2.60 bits per heavy atom. The van der Waals surface area contributed by atoms with Gasteiger partial charge < -0.3 is 15.2 Å². The predicted molar refractivity (Wildman–Crippen MR) is 53.4 cm³/mol. The summed E-state index contributed by atoms with van der Waals surface area (Å²) in [5.41, 5.74) is 0. The van der Waals surface area contributed by atoms with Gasteiger partial charge in [0.25, 0.3) is 0 Å². The van der Waals surface area contributed by atoms with Crippen LogP contribution in [0.25, 0.3) is 0 Å². The first-order valence-corrected chi connectivity index (χ1v) is 5.21. The van der Waals surface area contributed by atoms with Crippen molar-refractivity contribution in [3.8, 4) is 0 Å². The molecule has 1 rings (SSSR count). The molecule has 0 spiro atoms. The number of nitrogens with one attached hydrogen (secondary N) is 1. The minimum Gasteiger partial charge on any atom is -0.481 e. The summed E-state index contributed by atoms with van der Waals surface area (Å²) in [7, 11) is 0. The third-order valence-corrected chi connectivity index (χ3v) is 2.70. The summed E-state index contributed by atoms with van der Waals surface area (Å²) in [6.07, 6.45) is 1.49. The lowest BCUT2D eigenvalue weighted by Crippen LogP contribution is -2.52. The molecule has 1 fully saturated rings. The van der Waals surface area contributed by atoms with E-state index in [2.05, 4.69) is 5.32 Å². The van der Waals surface area contributed by atoms with Crippen LogP contribution >= 0.6 is 0 Å². The molecule has 0 amide bonds. The molecule has 0 aromatic rings. The highest BCUT2D eigenvalue weighted by Crippen LogP contribution is 2.27. The molecule has 0 heterocycles. The lowest BCUT2D eigenvalue weighted by molar-refractivity contribution is -0.150. The number of hydrogen-bond acceptors (Lipinski definition) is 4. The maximum absolute atomic E-state index is 11.3. The molecule has 1 saturated carbocycles. The normalized spacial score (nSPS) is 26.5. The molecule has 5 nitrogen and oxygen atoms in total. The minimum atomic E-state index is -0.796. The molecule has 15 heavy (non-hydrogen) atoms. The van der Waals surface area contributed by atoms with Crippen LogP contribution in [0.2, 0.25) is 0 Å². The Kier molecular flexibility index (Phi) is 4.08. The first-order valence-electron chi connectivity index (χ1n) is 5.21. The molecule has 2 N–H and O–H groups in total. The molecule has 86 valence electrons. The highest BCUT2D eigenvalue weighted by Gasteiger charge is 2.37. The lowest BCUT2D eigenvalue weighted by Gasteiger charge is -2.35. The van der Waals surface area contributed by atoms with Crippen molar-refractivity contribution >= 4 is 11.9 Å². The summed E-state index contributed by atoms with van der Waals surface area (Å²) >= 11 is 0. The quantitative estimate of drug-likeness (QED) is 0.649. The third kappa shape index (κ3) is 2.92. The van der Waals surface area contributed by atoms with E-state index in [4.69, 9.17) is 9.84 Å². The Labute approximate surface area is 88.8 Å². The van der Waals surface area contributed by atoms with Crippen LogP contribution in [0.1, 0.15) is 26.7 Å². The highest BCUT2D eigenvalue weighted by molar-refractivity contribution is 5.76. The van der Waals surface area contributed by atoms with Crippen LogP contribution in [0.4, 0.5) is 0 Å². The van der Waals surface area contributed by atoms with Gasteiger partial charge in [-0.15, -0.1) is 0 Å². The van der Waals surface area contributed by atoms with Gasteiger partial charge in [0.15, 0.2) is 0 Å². The second kappa shape index (κ2) is 5.11. The van der Waals surface area contributed by atoms with Gasteiger partial charge in [0, 0.05) is 6.04 Å². The minimum absolute atomic E-state index is 0.0955. The second-order valence-corrected chi connectivity index (χ2v) is 3.77. The Morgan fingerprint density at radius 1 is 1.53 bits per heavy atom. The molecule has 0 radical (unpaired) electrons. The number of esters is 1. The molecule has 1 aliphatic rings. The molecule has 1 aliphatic carbocycles. The predicted octanol–water partition coefficient (Wildman–Crippen LogP) is 0.391. The zero-order valence-corrected chi connectivity index (χ0v) is 9.03. The molecule has 0 aliphatic heterocycles. The molecule has 0 aromatic carbocycles. The number of carbonyl (C=O) groups is 2. The van der Waals surface area contributed by atoms with Gasteiger partial charge >= 0.3 is 11.9 Å². The molecule has 5 heteroatoms. The molecule has 3 atom stereocenters. The van der Waals surface area contributed by atoms with Gasteiger partial charge in [0.05, 0.1) is 12.5 Å². The van der Waals surface area contributed by atoms with Crippen molar-refractivity contribution in [2.24, 2.45) is 5.92 Å². The smallest absolute Gasteiger partial charge is 0.322 e.